The Morgan fingerprint density at radius 1 is 1.39 bits per heavy atom. The summed E-state index contributed by atoms with van der Waals surface area (Å²) >= 11 is 5.29. The van der Waals surface area contributed by atoms with E-state index in [-0.39, 0.29) is 0 Å². The molecule has 1 heterocycles. The molecule has 5 heteroatoms. The zero-order valence-corrected chi connectivity index (χ0v) is 11.4. The lowest BCUT2D eigenvalue weighted by Crippen LogP contribution is -2.11. The van der Waals surface area contributed by atoms with Crippen molar-refractivity contribution in [3.63, 3.8) is 0 Å². The highest BCUT2D eigenvalue weighted by atomic mass is 32.1. The van der Waals surface area contributed by atoms with Gasteiger partial charge in [-0.2, -0.15) is 5.10 Å². The number of H-pyrrole nitrogens is 1. The lowest BCUT2D eigenvalue weighted by atomic mass is 10.1. The van der Waals surface area contributed by atoms with E-state index in [1.165, 1.54) is 0 Å². The largest absolute Gasteiger partial charge is 0.384 e. The normalized spacial score (nSPS) is 12.6. The van der Waals surface area contributed by atoms with Gasteiger partial charge in [0, 0.05) is 25.8 Å². The van der Waals surface area contributed by atoms with Gasteiger partial charge >= 0.3 is 0 Å². The first-order valence-corrected chi connectivity index (χ1v) is 6.34. The van der Waals surface area contributed by atoms with Crippen LogP contribution >= 0.6 is 12.2 Å². The lowest BCUT2D eigenvalue weighted by molar-refractivity contribution is 0.158. The first-order valence-electron chi connectivity index (χ1n) is 5.93. The van der Waals surface area contributed by atoms with Crippen LogP contribution in [0.5, 0.6) is 0 Å². The second kappa shape index (κ2) is 5.93. The van der Waals surface area contributed by atoms with Gasteiger partial charge in [-0.1, -0.05) is 25.1 Å². The number of nitrogens with one attached hydrogen (secondary N) is 1. The van der Waals surface area contributed by atoms with Gasteiger partial charge in [0.2, 0.25) is 0 Å². The van der Waals surface area contributed by atoms with Crippen LogP contribution in [-0.2, 0) is 11.2 Å². The second-order valence-corrected chi connectivity index (χ2v) is 4.77. The molecule has 1 N–H and O–H groups in total. The molecule has 2 rings (SSSR count). The summed E-state index contributed by atoms with van der Waals surface area (Å²) in [6.07, 6.45) is 0.829. The predicted molar refractivity (Wildman–Crippen MR) is 73.5 cm³/mol. The molecule has 96 valence electrons. The Labute approximate surface area is 112 Å². The molecule has 0 saturated heterocycles. The van der Waals surface area contributed by atoms with Crippen molar-refractivity contribution in [2.24, 2.45) is 5.92 Å². The number of hydrogen-bond acceptors (Lipinski definition) is 3. The van der Waals surface area contributed by atoms with E-state index in [0.717, 1.165) is 17.9 Å². The summed E-state index contributed by atoms with van der Waals surface area (Å²) in [6.45, 7) is 2.85. The number of hydrogen-bond donors (Lipinski definition) is 1. The number of nitrogens with zero attached hydrogens (tertiary/aromatic N) is 2. The molecular formula is C13H17N3OS. The van der Waals surface area contributed by atoms with Gasteiger partial charge in [-0.15, -0.1) is 0 Å². The van der Waals surface area contributed by atoms with Gasteiger partial charge in [0.15, 0.2) is 4.77 Å². The molecule has 2 aromatic rings. The third-order valence-electron chi connectivity index (χ3n) is 2.74. The standard InChI is InChI=1S/C13H17N3OS/c1-10(9-17-2)8-12-14-15-13(18)16(12)11-6-4-3-5-7-11/h3-7,10H,8-9H2,1-2H3,(H,15,18). The molecule has 18 heavy (non-hydrogen) atoms. The van der Waals surface area contributed by atoms with E-state index >= 15 is 0 Å². The molecule has 1 unspecified atom stereocenters. The second-order valence-electron chi connectivity index (χ2n) is 4.38. The van der Waals surface area contributed by atoms with Crippen molar-refractivity contribution < 1.29 is 4.74 Å². The average molecular weight is 263 g/mol. The van der Waals surface area contributed by atoms with Crippen LogP contribution in [0.25, 0.3) is 5.69 Å². The lowest BCUT2D eigenvalue weighted by Gasteiger charge is -2.11. The molecule has 1 aromatic heterocycles. The van der Waals surface area contributed by atoms with E-state index in [2.05, 4.69) is 17.1 Å². The van der Waals surface area contributed by atoms with Gasteiger partial charge in [0.1, 0.15) is 5.82 Å². The van der Waals surface area contributed by atoms with Crippen molar-refractivity contribution in [2.75, 3.05) is 13.7 Å². The number of aromatic nitrogens is 3. The number of para-hydroxylation sites is 1. The molecule has 0 bridgehead atoms. The van der Waals surface area contributed by atoms with Crippen LogP contribution in [0.4, 0.5) is 0 Å². The summed E-state index contributed by atoms with van der Waals surface area (Å²) in [5.74, 6) is 1.35. The zero-order chi connectivity index (χ0) is 13.0. The van der Waals surface area contributed by atoms with E-state index in [1.54, 1.807) is 7.11 Å². The maximum absolute atomic E-state index is 5.29. The number of aromatic amines is 1. The quantitative estimate of drug-likeness (QED) is 0.843. The molecule has 1 aromatic carbocycles. The summed E-state index contributed by atoms with van der Waals surface area (Å²) in [5.41, 5.74) is 1.04. The van der Waals surface area contributed by atoms with Crippen LogP contribution in [0.3, 0.4) is 0 Å². The molecule has 0 fully saturated rings. The molecule has 0 aliphatic heterocycles. The van der Waals surface area contributed by atoms with Crippen molar-refractivity contribution in [3.05, 3.63) is 40.9 Å². The fourth-order valence-electron chi connectivity index (χ4n) is 1.96. The van der Waals surface area contributed by atoms with Crippen LogP contribution in [-0.4, -0.2) is 28.5 Å². The van der Waals surface area contributed by atoms with Crippen molar-refractivity contribution >= 4 is 12.2 Å². The van der Waals surface area contributed by atoms with E-state index in [1.807, 2.05) is 34.9 Å². The maximum Gasteiger partial charge on any atom is 0.199 e. The Morgan fingerprint density at radius 2 is 2.11 bits per heavy atom. The number of ether oxygens (including phenoxy) is 1. The topological polar surface area (TPSA) is 42.8 Å². The number of rotatable bonds is 5. The summed E-state index contributed by atoms with van der Waals surface area (Å²) in [6, 6.07) is 10.0. The third-order valence-corrected chi connectivity index (χ3v) is 3.01. The molecule has 1 atom stereocenters. The summed E-state index contributed by atoms with van der Waals surface area (Å²) in [5, 5.41) is 7.16. The van der Waals surface area contributed by atoms with Crippen LogP contribution in [0.2, 0.25) is 0 Å². The van der Waals surface area contributed by atoms with E-state index in [4.69, 9.17) is 17.0 Å². The molecule has 0 saturated carbocycles. The fourth-order valence-corrected chi connectivity index (χ4v) is 2.22. The van der Waals surface area contributed by atoms with Crippen LogP contribution in [0.1, 0.15) is 12.7 Å². The maximum atomic E-state index is 5.29. The highest BCUT2D eigenvalue weighted by Crippen LogP contribution is 2.13. The summed E-state index contributed by atoms with van der Waals surface area (Å²) < 4.78 is 7.75. The van der Waals surface area contributed by atoms with Crippen molar-refractivity contribution in [3.8, 4) is 5.69 Å². The Morgan fingerprint density at radius 3 is 2.78 bits per heavy atom. The van der Waals surface area contributed by atoms with Gasteiger partial charge in [0.05, 0.1) is 0 Å². The summed E-state index contributed by atoms with van der Waals surface area (Å²) in [7, 11) is 1.71. The number of benzene rings is 1. The van der Waals surface area contributed by atoms with Crippen LogP contribution in [0.15, 0.2) is 30.3 Å². The van der Waals surface area contributed by atoms with Crippen molar-refractivity contribution in [2.45, 2.75) is 13.3 Å². The Bertz CT molecular complexity index is 547. The van der Waals surface area contributed by atoms with Gasteiger partial charge in [-0.3, -0.25) is 9.67 Å². The molecule has 4 nitrogen and oxygen atoms in total. The molecular weight excluding hydrogens is 246 g/mol. The molecule has 0 aliphatic carbocycles. The first-order chi connectivity index (χ1) is 8.72. The first kappa shape index (κ1) is 13.0. The number of methoxy groups -OCH3 is 1. The monoisotopic (exact) mass is 263 g/mol. The highest BCUT2D eigenvalue weighted by Gasteiger charge is 2.11. The average Bonchev–Trinajstić information content (AvgIpc) is 2.72. The SMILES string of the molecule is COCC(C)Cc1n[nH]c(=S)n1-c1ccccc1. The van der Waals surface area contributed by atoms with Crippen LogP contribution < -0.4 is 0 Å². The summed E-state index contributed by atoms with van der Waals surface area (Å²) in [4.78, 5) is 0. The highest BCUT2D eigenvalue weighted by molar-refractivity contribution is 7.71. The minimum absolute atomic E-state index is 0.405. The van der Waals surface area contributed by atoms with Crippen molar-refractivity contribution in [1.29, 1.82) is 0 Å². The molecule has 0 amide bonds. The van der Waals surface area contributed by atoms with Gasteiger partial charge in [0.25, 0.3) is 0 Å². The van der Waals surface area contributed by atoms with Crippen LogP contribution in [0, 0.1) is 10.7 Å². The fraction of sp³-hybridized carbons (Fsp3) is 0.385. The minimum Gasteiger partial charge on any atom is -0.384 e. The van der Waals surface area contributed by atoms with E-state index in [9.17, 15) is 0 Å². The predicted octanol–water partition coefficient (Wildman–Crippen LogP) is 2.75. The Kier molecular flexibility index (Phi) is 4.28. The van der Waals surface area contributed by atoms with E-state index < -0.39 is 0 Å². The van der Waals surface area contributed by atoms with Gasteiger partial charge < -0.3 is 4.74 Å². The van der Waals surface area contributed by atoms with Crippen molar-refractivity contribution in [1.82, 2.24) is 14.8 Å². The Balaban J connectivity index is 2.31. The Hall–Kier alpha value is -1.46. The van der Waals surface area contributed by atoms with Gasteiger partial charge in [-0.25, -0.2) is 0 Å². The molecule has 0 aliphatic rings. The zero-order valence-electron chi connectivity index (χ0n) is 10.6. The molecule has 0 radical (unpaired) electrons. The van der Waals surface area contributed by atoms with Gasteiger partial charge in [-0.05, 0) is 30.3 Å². The third kappa shape index (κ3) is 2.86. The molecule has 0 spiro atoms. The minimum atomic E-state index is 0.405. The van der Waals surface area contributed by atoms with E-state index in [0.29, 0.717) is 17.3 Å². The smallest absolute Gasteiger partial charge is 0.199 e.